The summed E-state index contributed by atoms with van der Waals surface area (Å²) in [6, 6.07) is 14.1. The zero-order valence-corrected chi connectivity index (χ0v) is 20.3. The van der Waals surface area contributed by atoms with E-state index in [2.05, 4.69) is 9.97 Å². The molecule has 0 saturated heterocycles. The average molecular weight is 513 g/mol. The van der Waals surface area contributed by atoms with Crippen LogP contribution in [-0.4, -0.2) is 29.4 Å². The number of nitrogens with zero attached hydrogens (tertiary/aromatic N) is 5. The maximum atomic E-state index is 14.9. The Bertz CT molecular complexity index is 1910. The molecule has 38 heavy (non-hydrogen) atoms. The van der Waals surface area contributed by atoms with Gasteiger partial charge in [0, 0.05) is 17.7 Å². The topological polar surface area (TPSA) is 112 Å². The number of rotatable bonds is 4. The molecular weight excluding hydrogens is 490 g/mol. The van der Waals surface area contributed by atoms with E-state index in [4.69, 9.17) is 10.8 Å². The molecule has 6 rings (SSSR count). The number of nitrogens with two attached hydrogens (primary N) is 1. The van der Waals surface area contributed by atoms with Crippen molar-refractivity contribution in [2.45, 2.75) is 25.8 Å². The second-order valence-electron chi connectivity index (χ2n) is 9.12. The van der Waals surface area contributed by atoms with E-state index in [0.29, 0.717) is 45.3 Å². The smallest absolute Gasteiger partial charge is 0.265 e. The quantitative estimate of drug-likeness (QED) is 0.382. The van der Waals surface area contributed by atoms with Crippen molar-refractivity contribution in [1.82, 2.24) is 24.3 Å². The number of phenols is 1. The Morgan fingerprint density at radius 2 is 1.87 bits per heavy atom. The van der Waals surface area contributed by atoms with Gasteiger partial charge >= 0.3 is 0 Å². The highest BCUT2D eigenvalue weighted by molar-refractivity contribution is 5.98. The molecule has 1 atom stereocenters. The molecule has 3 N–H and O–H groups in total. The van der Waals surface area contributed by atoms with Crippen LogP contribution in [0.3, 0.4) is 0 Å². The maximum absolute atomic E-state index is 14.9. The third-order valence-electron chi connectivity index (χ3n) is 6.82. The molecular formula is C28H22F2N6O2. The minimum atomic E-state index is -0.810. The largest absolute Gasteiger partial charge is 0.505 e. The molecule has 0 saturated carbocycles. The van der Waals surface area contributed by atoms with Crippen molar-refractivity contribution in [1.29, 1.82) is 0 Å². The maximum Gasteiger partial charge on any atom is 0.265 e. The van der Waals surface area contributed by atoms with Crippen LogP contribution in [0.5, 0.6) is 5.75 Å². The highest BCUT2D eigenvalue weighted by atomic mass is 19.1. The van der Waals surface area contributed by atoms with E-state index < -0.39 is 29.0 Å². The number of fused-ring (bicyclic) bond motifs is 2. The van der Waals surface area contributed by atoms with E-state index in [1.807, 2.05) is 19.1 Å². The molecule has 3 heterocycles. The van der Waals surface area contributed by atoms with Crippen molar-refractivity contribution < 1.29 is 13.9 Å². The van der Waals surface area contributed by atoms with Crippen LogP contribution in [0.2, 0.25) is 0 Å². The van der Waals surface area contributed by atoms with Crippen molar-refractivity contribution in [2.24, 2.45) is 0 Å². The van der Waals surface area contributed by atoms with Crippen molar-refractivity contribution in [3.63, 3.8) is 0 Å². The predicted octanol–water partition coefficient (Wildman–Crippen LogP) is 3.33. The monoisotopic (exact) mass is 512 g/mol. The number of benzene rings is 2. The van der Waals surface area contributed by atoms with E-state index in [0.717, 1.165) is 6.07 Å². The Labute approximate surface area is 214 Å². The minimum Gasteiger partial charge on any atom is -0.505 e. The number of phenolic OH excluding ortho intramolecular Hbond substituents is 1. The fraction of sp³-hybridized carbons (Fsp3) is 0.143. The molecule has 2 aromatic carbocycles. The second kappa shape index (κ2) is 8.91. The summed E-state index contributed by atoms with van der Waals surface area (Å²) < 4.78 is 32.2. The minimum absolute atomic E-state index is 0.0632. The summed E-state index contributed by atoms with van der Waals surface area (Å²) >= 11 is 0. The summed E-state index contributed by atoms with van der Waals surface area (Å²) in [5, 5.41) is 15.4. The summed E-state index contributed by atoms with van der Waals surface area (Å²) in [7, 11) is 0. The predicted molar refractivity (Wildman–Crippen MR) is 140 cm³/mol. The molecule has 1 aliphatic rings. The van der Waals surface area contributed by atoms with Crippen molar-refractivity contribution >= 4 is 28.8 Å². The number of aromatic nitrogens is 5. The highest BCUT2D eigenvalue weighted by Gasteiger charge is 2.25. The van der Waals surface area contributed by atoms with Gasteiger partial charge in [0.25, 0.3) is 5.56 Å². The standard InChI is InChI=1S/C28H22F2N6O2/c1-15(21-13-16-6-5-9-19(29)23(16)28(38)35(21)18-7-3-2-4-8-18)36-27-24(26(31)32-14-33-27)25(34-36)17-10-11-22(37)20(30)12-17/h2-4,6-8,10-15,37H,5,9H2,1H3,(H2,31,32,33). The molecule has 0 radical (unpaired) electrons. The van der Waals surface area contributed by atoms with Crippen molar-refractivity contribution in [2.75, 3.05) is 5.73 Å². The number of hydrogen-bond donors (Lipinski definition) is 2. The zero-order valence-electron chi connectivity index (χ0n) is 20.3. The Morgan fingerprint density at radius 3 is 2.63 bits per heavy atom. The fourth-order valence-corrected chi connectivity index (χ4v) is 4.96. The molecule has 1 unspecified atom stereocenters. The molecule has 0 aliphatic heterocycles. The second-order valence-corrected chi connectivity index (χ2v) is 9.12. The molecule has 3 aromatic heterocycles. The first-order valence-corrected chi connectivity index (χ1v) is 12.0. The molecule has 0 spiro atoms. The normalized spacial score (nSPS) is 13.8. The van der Waals surface area contributed by atoms with Crippen LogP contribution in [0, 0.1) is 5.82 Å². The van der Waals surface area contributed by atoms with Gasteiger partial charge in [-0.3, -0.25) is 9.36 Å². The van der Waals surface area contributed by atoms with Crippen LogP contribution < -0.4 is 21.7 Å². The first kappa shape index (κ1) is 23.5. The third kappa shape index (κ3) is 3.64. The number of para-hydroxylation sites is 1. The van der Waals surface area contributed by atoms with Crippen LogP contribution in [0.1, 0.15) is 31.5 Å². The molecule has 190 valence electrons. The van der Waals surface area contributed by atoms with Gasteiger partial charge in [-0.1, -0.05) is 24.3 Å². The van der Waals surface area contributed by atoms with Gasteiger partial charge in [0.15, 0.2) is 17.2 Å². The van der Waals surface area contributed by atoms with E-state index in [1.165, 1.54) is 23.0 Å². The lowest BCUT2D eigenvalue weighted by atomic mass is 10.0. The number of aromatic hydroxyl groups is 1. The highest BCUT2D eigenvalue weighted by Crippen LogP contribution is 2.34. The van der Waals surface area contributed by atoms with Crippen LogP contribution in [0.25, 0.3) is 39.9 Å². The third-order valence-corrected chi connectivity index (χ3v) is 6.82. The van der Waals surface area contributed by atoms with E-state index in [-0.39, 0.29) is 17.5 Å². The molecule has 5 aromatic rings. The van der Waals surface area contributed by atoms with Gasteiger partial charge in [0.05, 0.1) is 22.3 Å². The lowest BCUT2D eigenvalue weighted by molar-refractivity contribution is 0.432. The summed E-state index contributed by atoms with van der Waals surface area (Å²) in [6.07, 6.45) is 3.83. The molecule has 1 aliphatic carbocycles. The molecule has 0 fully saturated rings. The number of anilines is 1. The lowest BCUT2D eigenvalue weighted by Crippen LogP contribution is -2.48. The Kier molecular flexibility index (Phi) is 5.52. The van der Waals surface area contributed by atoms with Gasteiger partial charge in [0.2, 0.25) is 0 Å². The molecule has 10 heteroatoms. The molecule has 0 bridgehead atoms. The first-order valence-electron chi connectivity index (χ1n) is 12.0. The van der Waals surface area contributed by atoms with E-state index >= 15 is 0 Å². The Morgan fingerprint density at radius 1 is 1.08 bits per heavy atom. The van der Waals surface area contributed by atoms with Crippen molar-refractivity contribution in [3.8, 4) is 22.7 Å². The van der Waals surface area contributed by atoms with Gasteiger partial charge < -0.3 is 10.8 Å². The van der Waals surface area contributed by atoms with Gasteiger partial charge in [-0.05, 0) is 55.0 Å². The Hall–Kier alpha value is -4.86. The summed E-state index contributed by atoms with van der Waals surface area (Å²) in [5.41, 5.74) is 7.94. The lowest BCUT2D eigenvalue weighted by Gasteiger charge is -2.21. The van der Waals surface area contributed by atoms with Crippen LogP contribution >= 0.6 is 0 Å². The summed E-state index contributed by atoms with van der Waals surface area (Å²) in [4.78, 5) is 22.2. The Balaban J connectivity index is 1.65. The SMILES string of the molecule is CC(c1cc2c(c(=O)n1-c1ccccc1)=C(F)CCC=2)n1nc(-c2ccc(O)c(F)c2)c2c(N)ncnc21. The van der Waals surface area contributed by atoms with Gasteiger partial charge in [-0.25, -0.2) is 23.4 Å². The number of pyridine rings is 1. The number of hydrogen-bond acceptors (Lipinski definition) is 6. The van der Waals surface area contributed by atoms with E-state index in [9.17, 15) is 18.7 Å². The zero-order chi connectivity index (χ0) is 26.6. The first-order chi connectivity index (χ1) is 18.3. The average Bonchev–Trinajstić information content (AvgIpc) is 3.31. The van der Waals surface area contributed by atoms with Gasteiger partial charge in [0.1, 0.15) is 23.7 Å². The van der Waals surface area contributed by atoms with Crippen LogP contribution in [0.4, 0.5) is 14.6 Å². The van der Waals surface area contributed by atoms with Crippen molar-refractivity contribution in [3.05, 3.63) is 93.2 Å². The van der Waals surface area contributed by atoms with E-state index in [1.54, 1.807) is 35.0 Å². The van der Waals surface area contributed by atoms with Gasteiger partial charge in [-0.2, -0.15) is 5.10 Å². The number of halogens is 2. The van der Waals surface area contributed by atoms with Crippen LogP contribution in [-0.2, 0) is 0 Å². The summed E-state index contributed by atoms with van der Waals surface area (Å²) in [6.45, 7) is 1.84. The summed E-state index contributed by atoms with van der Waals surface area (Å²) in [5.74, 6) is -1.59. The van der Waals surface area contributed by atoms with Crippen LogP contribution in [0.15, 0.2) is 65.7 Å². The van der Waals surface area contributed by atoms with Gasteiger partial charge in [-0.15, -0.1) is 0 Å². The molecule has 0 amide bonds. The fourth-order valence-electron chi connectivity index (χ4n) is 4.96. The molecule has 8 nitrogen and oxygen atoms in total. The number of nitrogen functional groups attached to an aromatic ring is 1.